The van der Waals surface area contributed by atoms with E-state index in [-0.39, 0.29) is 24.0 Å². The number of carbonyl (C=O) groups is 2. The summed E-state index contributed by atoms with van der Waals surface area (Å²) < 4.78 is 5.49. The molecule has 2 rings (SSSR count). The van der Waals surface area contributed by atoms with Crippen LogP contribution in [0.25, 0.3) is 0 Å². The summed E-state index contributed by atoms with van der Waals surface area (Å²) in [4.78, 5) is 25.3. The standard InChI is InChI=1S/C17H24N2O3/c1-4-17(2,3)18-15(20)12-22-14-9-7-13(8-10-14)19-11-5-6-16(19)21/h7-10H,4-6,11-12H2,1-3H3,(H,18,20). The van der Waals surface area contributed by atoms with Gasteiger partial charge in [-0.25, -0.2) is 0 Å². The van der Waals surface area contributed by atoms with Crippen molar-refractivity contribution < 1.29 is 14.3 Å². The number of hydrogen-bond acceptors (Lipinski definition) is 3. The second kappa shape index (κ2) is 6.81. The third-order valence-electron chi connectivity index (χ3n) is 3.95. The topological polar surface area (TPSA) is 58.6 Å². The minimum Gasteiger partial charge on any atom is -0.484 e. The minimum absolute atomic E-state index is 0.00851. The van der Waals surface area contributed by atoms with E-state index in [0.717, 1.165) is 25.1 Å². The Balaban J connectivity index is 1.86. The van der Waals surface area contributed by atoms with Crippen LogP contribution in [0.1, 0.15) is 40.0 Å². The number of ether oxygens (including phenoxy) is 1. The Morgan fingerprint density at radius 2 is 2.00 bits per heavy atom. The SMILES string of the molecule is CCC(C)(C)NC(=O)COc1ccc(N2CCCC2=O)cc1. The van der Waals surface area contributed by atoms with Crippen LogP contribution in [0.15, 0.2) is 24.3 Å². The van der Waals surface area contributed by atoms with Crippen LogP contribution in [0.4, 0.5) is 5.69 Å². The van der Waals surface area contributed by atoms with Gasteiger partial charge in [0.1, 0.15) is 5.75 Å². The van der Waals surface area contributed by atoms with E-state index in [1.54, 1.807) is 17.0 Å². The van der Waals surface area contributed by atoms with Crippen LogP contribution in [-0.4, -0.2) is 30.5 Å². The van der Waals surface area contributed by atoms with Crippen molar-refractivity contribution in [3.8, 4) is 5.75 Å². The molecule has 1 heterocycles. The van der Waals surface area contributed by atoms with Crippen LogP contribution >= 0.6 is 0 Å². The molecule has 1 aromatic carbocycles. The maximum Gasteiger partial charge on any atom is 0.258 e. The summed E-state index contributed by atoms with van der Waals surface area (Å²) in [5.74, 6) is 0.653. The highest BCUT2D eigenvalue weighted by molar-refractivity contribution is 5.95. The smallest absolute Gasteiger partial charge is 0.258 e. The van der Waals surface area contributed by atoms with Crippen molar-refractivity contribution in [1.82, 2.24) is 5.32 Å². The molecular formula is C17H24N2O3. The van der Waals surface area contributed by atoms with E-state index in [1.165, 1.54) is 0 Å². The van der Waals surface area contributed by atoms with E-state index in [1.807, 2.05) is 32.9 Å². The Hall–Kier alpha value is -2.04. The van der Waals surface area contributed by atoms with Crippen molar-refractivity contribution in [2.45, 2.75) is 45.6 Å². The summed E-state index contributed by atoms with van der Waals surface area (Å²) in [6.07, 6.45) is 2.38. The number of hydrogen-bond donors (Lipinski definition) is 1. The number of benzene rings is 1. The molecule has 1 aliphatic rings. The molecule has 0 spiro atoms. The van der Waals surface area contributed by atoms with Gasteiger partial charge in [-0.1, -0.05) is 6.92 Å². The number of nitrogens with zero attached hydrogens (tertiary/aromatic N) is 1. The van der Waals surface area contributed by atoms with E-state index in [2.05, 4.69) is 5.32 Å². The Morgan fingerprint density at radius 1 is 1.32 bits per heavy atom. The molecular weight excluding hydrogens is 280 g/mol. The molecule has 5 heteroatoms. The number of carbonyl (C=O) groups excluding carboxylic acids is 2. The van der Waals surface area contributed by atoms with Crippen LogP contribution in [-0.2, 0) is 9.59 Å². The monoisotopic (exact) mass is 304 g/mol. The molecule has 0 bridgehead atoms. The molecule has 1 fully saturated rings. The number of nitrogens with one attached hydrogen (secondary N) is 1. The molecule has 0 aromatic heterocycles. The molecule has 1 saturated heterocycles. The number of anilines is 1. The van der Waals surface area contributed by atoms with Gasteiger partial charge in [0.15, 0.2) is 6.61 Å². The Kier molecular flexibility index (Phi) is 5.06. The van der Waals surface area contributed by atoms with E-state index < -0.39 is 0 Å². The van der Waals surface area contributed by atoms with Gasteiger partial charge < -0.3 is 15.0 Å². The fourth-order valence-corrected chi connectivity index (χ4v) is 2.29. The van der Waals surface area contributed by atoms with E-state index in [4.69, 9.17) is 4.74 Å². The summed E-state index contributed by atoms with van der Waals surface area (Å²) in [5.41, 5.74) is 0.659. The van der Waals surface area contributed by atoms with E-state index in [9.17, 15) is 9.59 Å². The highest BCUT2D eigenvalue weighted by Crippen LogP contribution is 2.23. The lowest BCUT2D eigenvalue weighted by molar-refractivity contribution is -0.124. The zero-order chi connectivity index (χ0) is 16.2. The molecule has 1 aliphatic heterocycles. The molecule has 120 valence electrons. The lowest BCUT2D eigenvalue weighted by Gasteiger charge is -2.24. The fraction of sp³-hybridized carbons (Fsp3) is 0.529. The molecule has 0 aliphatic carbocycles. The summed E-state index contributed by atoms with van der Waals surface area (Å²) in [6.45, 7) is 6.75. The average molecular weight is 304 g/mol. The van der Waals surface area contributed by atoms with Gasteiger partial charge in [-0.15, -0.1) is 0 Å². The van der Waals surface area contributed by atoms with Gasteiger partial charge >= 0.3 is 0 Å². The van der Waals surface area contributed by atoms with Gasteiger partial charge in [-0.3, -0.25) is 9.59 Å². The van der Waals surface area contributed by atoms with Crippen molar-refractivity contribution >= 4 is 17.5 Å². The lowest BCUT2D eigenvalue weighted by atomic mass is 10.0. The predicted octanol–water partition coefficient (Wildman–Crippen LogP) is 2.50. The maximum absolute atomic E-state index is 11.8. The van der Waals surface area contributed by atoms with Gasteiger partial charge in [-0.2, -0.15) is 0 Å². The van der Waals surface area contributed by atoms with Gasteiger partial charge in [0.25, 0.3) is 5.91 Å². The summed E-state index contributed by atoms with van der Waals surface area (Å²) >= 11 is 0. The summed E-state index contributed by atoms with van der Waals surface area (Å²) in [5, 5.41) is 2.92. The highest BCUT2D eigenvalue weighted by Gasteiger charge is 2.21. The first-order valence-corrected chi connectivity index (χ1v) is 7.75. The summed E-state index contributed by atoms with van der Waals surface area (Å²) in [6, 6.07) is 7.29. The van der Waals surface area contributed by atoms with Gasteiger partial charge in [0, 0.05) is 24.2 Å². The summed E-state index contributed by atoms with van der Waals surface area (Å²) in [7, 11) is 0. The molecule has 0 radical (unpaired) electrons. The molecule has 0 saturated carbocycles. The Labute approximate surface area is 131 Å². The van der Waals surface area contributed by atoms with Crippen LogP contribution in [0, 0.1) is 0 Å². The van der Waals surface area contributed by atoms with Crippen molar-refractivity contribution in [1.29, 1.82) is 0 Å². The first-order chi connectivity index (χ1) is 10.4. The molecule has 1 N–H and O–H groups in total. The van der Waals surface area contributed by atoms with Crippen molar-refractivity contribution in [3.05, 3.63) is 24.3 Å². The number of rotatable bonds is 6. The van der Waals surface area contributed by atoms with Crippen LogP contribution < -0.4 is 15.0 Å². The molecule has 2 amide bonds. The largest absolute Gasteiger partial charge is 0.484 e. The first kappa shape index (κ1) is 16.3. The van der Waals surface area contributed by atoms with Crippen LogP contribution in [0.3, 0.4) is 0 Å². The zero-order valence-corrected chi connectivity index (χ0v) is 13.5. The minimum atomic E-state index is -0.222. The maximum atomic E-state index is 11.8. The average Bonchev–Trinajstić information content (AvgIpc) is 2.91. The van der Waals surface area contributed by atoms with Crippen LogP contribution in [0.2, 0.25) is 0 Å². The molecule has 22 heavy (non-hydrogen) atoms. The van der Waals surface area contributed by atoms with E-state index in [0.29, 0.717) is 12.2 Å². The second-order valence-electron chi connectivity index (χ2n) is 6.22. The first-order valence-electron chi connectivity index (χ1n) is 7.75. The van der Waals surface area contributed by atoms with Gasteiger partial charge in [-0.05, 0) is 51.0 Å². The second-order valence-corrected chi connectivity index (χ2v) is 6.22. The van der Waals surface area contributed by atoms with E-state index >= 15 is 0 Å². The lowest BCUT2D eigenvalue weighted by Crippen LogP contribution is -2.44. The van der Waals surface area contributed by atoms with Gasteiger partial charge in [0.05, 0.1) is 0 Å². The van der Waals surface area contributed by atoms with Crippen molar-refractivity contribution in [3.63, 3.8) is 0 Å². The van der Waals surface area contributed by atoms with Gasteiger partial charge in [0.2, 0.25) is 5.91 Å². The predicted molar refractivity (Wildman–Crippen MR) is 86.0 cm³/mol. The third-order valence-corrected chi connectivity index (χ3v) is 3.95. The third kappa shape index (κ3) is 4.23. The Morgan fingerprint density at radius 3 is 2.55 bits per heavy atom. The molecule has 5 nitrogen and oxygen atoms in total. The molecule has 0 atom stereocenters. The number of amides is 2. The quantitative estimate of drug-likeness (QED) is 0.878. The highest BCUT2D eigenvalue weighted by atomic mass is 16.5. The zero-order valence-electron chi connectivity index (χ0n) is 13.5. The fourth-order valence-electron chi connectivity index (χ4n) is 2.29. The molecule has 1 aromatic rings. The Bertz CT molecular complexity index is 537. The normalized spacial score (nSPS) is 15.0. The van der Waals surface area contributed by atoms with Crippen molar-refractivity contribution in [2.24, 2.45) is 0 Å². The van der Waals surface area contributed by atoms with Crippen LogP contribution in [0.5, 0.6) is 5.75 Å². The molecule has 0 unspecified atom stereocenters. The van der Waals surface area contributed by atoms with Crippen molar-refractivity contribution in [2.75, 3.05) is 18.1 Å².